The number of nitrogens with zero attached hydrogens (tertiary/aromatic N) is 5. The lowest BCUT2D eigenvalue weighted by atomic mass is 10.3. The number of hydrogen-bond donors (Lipinski definition) is 2. The van der Waals surface area contributed by atoms with Crippen LogP contribution < -0.4 is 21.3 Å². The van der Waals surface area contributed by atoms with Gasteiger partial charge in [-0.15, -0.1) is 0 Å². The summed E-state index contributed by atoms with van der Waals surface area (Å²) in [6.07, 6.45) is 0. The Morgan fingerprint density at radius 3 is 2.03 bits per heavy atom. The molecule has 0 spiro atoms. The molecule has 0 unspecified atom stereocenters. The molecule has 2 heterocycles. The van der Waals surface area contributed by atoms with Crippen molar-refractivity contribution in [1.82, 2.24) is 20.0 Å². The van der Waals surface area contributed by atoms with Crippen molar-refractivity contribution in [2.75, 3.05) is 15.5 Å². The Kier molecular flexibility index (Phi) is 6.46. The molecular formula is C24H16ClN7O5. The molecule has 3 aromatic carbocycles. The first-order chi connectivity index (χ1) is 18.0. The number of nitrogens with one attached hydrogen (secondary N) is 2. The maximum Gasteiger partial charge on any atom is 0.446 e. The molecule has 12 nitrogen and oxygen atoms in total. The van der Waals surface area contributed by atoms with Gasteiger partial charge in [0.15, 0.2) is 5.69 Å². The molecule has 13 heteroatoms. The molecule has 0 bridgehead atoms. The molecule has 0 aliphatic carbocycles. The number of carbonyl (C=O) groups is 2. The lowest BCUT2D eigenvalue weighted by Crippen LogP contribution is -2.43. The normalized spacial score (nSPS) is 10.6. The van der Waals surface area contributed by atoms with Gasteiger partial charge in [0.05, 0.1) is 5.69 Å². The zero-order chi connectivity index (χ0) is 25.8. The third-order valence-electron chi connectivity index (χ3n) is 5.02. The fraction of sp³-hybridized carbons (Fsp3) is 0. The molecule has 0 aliphatic heterocycles. The van der Waals surface area contributed by atoms with Gasteiger partial charge in [-0.3, -0.25) is 4.52 Å². The van der Waals surface area contributed by atoms with Gasteiger partial charge in [-0.05, 0) is 52.8 Å². The molecule has 4 amide bonds. The lowest BCUT2D eigenvalue weighted by molar-refractivity contribution is 0.245. The number of amides is 4. The minimum Gasteiger partial charge on any atom is -0.307 e. The molecule has 0 aliphatic rings. The van der Waals surface area contributed by atoms with Gasteiger partial charge in [0.25, 0.3) is 0 Å². The quantitative estimate of drug-likeness (QED) is 0.337. The van der Waals surface area contributed by atoms with Gasteiger partial charge in [0.2, 0.25) is 11.6 Å². The van der Waals surface area contributed by atoms with E-state index in [0.717, 1.165) is 4.57 Å². The van der Waals surface area contributed by atoms with Crippen LogP contribution in [0.25, 0.3) is 17.2 Å². The van der Waals surface area contributed by atoms with Crippen molar-refractivity contribution < 1.29 is 18.7 Å². The molecule has 2 N–H and O–H groups in total. The van der Waals surface area contributed by atoms with Crippen molar-refractivity contribution in [3.8, 4) is 17.2 Å². The molecule has 184 valence electrons. The van der Waals surface area contributed by atoms with Crippen LogP contribution in [0.3, 0.4) is 0 Å². The average Bonchev–Trinajstić information content (AvgIpc) is 3.52. The molecule has 5 aromatic rings. The number of hydrogen-bond acceptors (Lipinski definition) is 8. The number of carbonyl (C=O) groups excluding carboxylic acids is 2. The molecule has 5 rings (SSSR count). The van der Waals surface area contributed by atoms with Crippen LogP contribution in [0.2, 0.25) is 5.02 Å². The van der Waals surface area contributed by atoms with E-state index in [4.69, 9.17) is 20.8 Å². The molecular weight excluding hydrogens is 502 g/mol. The summed E-state index contributed by atoms with van der Waals surface area (Å²) < 4.78 is 10.8. The van der Waals surface area contributed by atoms with E-state index in [-0.39, 0.29) is 17.3 Å². The largest absolute Gasteiger partial charge is 0.446 e. The highest BCUT2D eigenvalue weighted by molar-refractivity contribution is 6.30. The van der Waals surface area contributed by atoms with Crippen LogP contribution in [0.4, 0.5) is 26.8 Å². The van der Waals surface area contributed by atoms with Crippen LogP contribution in [0, 0.1) is 0 Å². The van der Waals surface area contributed by atoms with Gasteiger partial charge < -0.3 is 10.6 Å². The van der Waals surface area contributed by atoms with Gasteiger partial charge in [0, 0.05) is 16.4 Å². The molecule has 0 radical (unpaired) electrons. The van der Waals surface area contributed by atoms with Crippen molar-refractivity contribution in [1.29, 1.82) is 0 Å². The summed E-state index contributed by atoms with van der Waals surface area (Å²) in [6, 6.07) is 21.5. The van der Waals surface area contributed by atoms with E-state index >= 15 is 0 Å². The van der Waals surface area contributed by atoms with Gasteiger partial charge in [-0.2, -0.15) is 4.90 Å². The topological polar surface area (TPSA) is 148 Å². The monoisotopic (exact) mass is 517 g/mol. The first kappa shape index (κ1) is 23.5. The Labute approximate surface area is 213 Å². The Bertz CT molecular complexity index is 1560. The number of urea groups is 2. The molecule has 0 fully saturated rings. The van der Waals surface area contributed by atoms with Crippen LogP contribution >= 0.6 is 11.6 Å². The summed E-state index contributed by atoms with van der Waals surface area (Å²) in [5.74, 6) is -1.38. The van der Waals surface area contributed by atoms with E-state index in [0.29, 0.717) is 27.0 Å². The van der Waals surface area contributed by atoms with E-state index in [1.54, 1.807) is 78.9 Å². The maximum absolute atomic E-state index is 13.3. The molecule has 2 aromatic heterocycles. The predicted molar refractivity (Wildman–Crippen MR) is 134 cm³/mol. The van der Waals surface area contributed by atoms with Crippen molar-refractivity contribution in [2.24, 2.45) is 0 Å². The Morgan fingerprint density at radius 1 is 0.811 bits per heavy atom. The zero-order valence-corrected chi connectivity index (χ0v) is 19.5. The standard InChI is InChI=1S/C24H16ClN7O5/c25-15-8-7-13-18(14-15)31-20(29-36-24(31)35)19-21(30-37-28-19)32(22(33)26-16-9-3-1-4-10-16)23(34)27-17-11-5-2-6-12-17/h1-14H,(H,26,33)(H,27,34). The van der Waals surface area contributed by atoms with Gasteiger partial charge in [-0.25, -0.2) is 23.6 Å². The number of halogens is 1. The van der Waals surface area contributed by atoms with Crippen LogP contribution in [0.5, 0.6) is 0 Å². The Morgan fingerprint density at radius 2 is 1.43 bits per heavy atom. The lowest BCUT2D eigenvalue weighted by Gasteiger charge is -2.19. The summed E-state index contributed by atoms with van der Waals surface area (Å²) in [5, 5.41) is 16.9. The van der Waals surface area contributed by atoms with Gasteiger partial charge in [-0.1, -0.05) is 59.2 Å². The maximum atomic E-state index is 13.3. The van der Waals surface area contributed by atoms with Gasteiger partial charge >= 0.3 is 17.8 Å². The van der Waals surface area contributed by atoms with E-state index < -0.39 is 17.8 Å². The van der Waals surface area contributed by atoms with E-state index in [2.05, 4.69) is 26.1 Å². The third-order valence-corrected chi connectivity index (χ3v) is 5.26. The number of rotatable bonds is 5. The van der Waals surface area contributed by atoms with E-state index in [1.807, 2.05) is 0 Å². The highest BCUT2D eigenvalue weighted by atomic mass is 35.5. The summed E-state index contributed by atoms with van der Waals surface area (Å²) in [5.41, 5.74) is 0.926. The summed E-state index contributed by atoms with van der Waals surface area (Å²) in [7, 11) is 0. The number of para-hydroxylation sites is 2. The minimum atomic E-state index is -0.878. The van der Waals surface area contributed by atoms with Crippen LogP contribution in [-0.4, -0.2) is 32.1 Å². The van der Waals surface area contributed by atoms with Crippen LogP contribution in [-0.2, 0) is 0 Å². The number of imide groups is 1. The number of anilines is 3. The van der Waals surface area contributed by atoms with Crippen molar-refractivity contribution in [3.05, 3.63) is 101 Å². The second-order valence-corrected chi connectivity index (χ2v) is 7.89. The molecule has 0 saturated heterocycles. The minimum absolute atomic E-state index is 0.173. The number of benzene rings is 3. The predicted octanol–water partition coefficient (Wildman–Crippen LogP) is 4.80. The summed E-state index contributed by atoms with van der Waals surface area (Å²) in [6.45, 7) is 0. The van der Waals surface area contributed by atoms with Crippen molar-refractivity contribution in [2.45, 2.75) is 0 Å². The first-order valence-electron chi connectivity index (χ1n) is 10.7. The van der Waals surface area contributed by atoms with Gasteiger partial charge in [0.1, 0.15) is 0 Å². The van der Waals surface area contributed by atoms with Crippen molar-refractivity contribution in [3.63, 3.8) is 0 Å². The fourth-order valence-electron chi connectivity index (χ4n) is 3.40. The molecule has 0 atom stereocenters. The first-order valence-corrected chi connectivity index (χ1v) is 11.1. The second kappa shape index (κ2) is 10.2. The smallest absolute Gasteiger partial charge is 0.307 e. The van der Waals surface area contributed by atoms with Crippen LogP contribution in [0.15, 0.2) is 98.9 Å². The fourth-order valence-corrected chi connectivity index (χ4v) is 3.58. The Balaban J connectivity index is 1.58. The number of aromatic nitrogens is 4. The van der Waals surface area contributed by atoms with E-state index in [9.17, 15) is 14.4 Å². The highest BCUT2D eigenvalue weighted by Crippen LogP contribution is 2.29. The molecule has 37 heavy (non-hydrogen) atoms. The zero-order valence-electron chi connectivity index (χ0n) is 18.7. The Hall–Kier alpha value is -5.23. The second-order valence-electron chi connectivity index (χ2n) is 7.45. The van der Waals surface area contributed by atoms with E-state index in [1.165, 1.54) is 6.07 Å². The summed E-state index contributed by atoms with van der Waals surface area (Å²) >= 11 is 6.08. The third kappa shape index (κ3) is 4.94. The highest BCUT2D eigenvalue weighted by Gasteiger charge is 2.34. The average molecular weight is 518 g/mol. The van der Waals surface area contributed by atoms with Crippen LogP contribution in [0.1, 0.15) is 0 Å². The molecule has 0 saturated carbocycles. The SMILES string of the molecule is O=C(Nc1ccccc1)N(C(=O)Nc1ccccc1)c1nonc1-c1noc(=O)n1-c1cccc(Cl)c1. The summed E-state index contributed by atoms with van der Waals surface area (Å²) in [4.78, 5) is 39.9. The van der Waals surface area contributed by atoms with Crippen molar-refractivity contribution >= 4 is 40.9 Å².